The molecule has 1 aromatic rings. The summed E-state index contributed by atoms with van der Waals surface area (Å²) in [5, 5.41) is 0. The van der Waals surface area contributed by atoms with Crippen molar-refractivity contribution in [3.05, 3.63) is 35.7 Å². The summed E-state index contributed by atoms with van der Waals surface area (Å²) in [6.07, 6.45) is 1.43. The van der Waals surface area contributed by atoms with Gasteiger partial charge in [0.1, 0.15) is 0 Å². The molecule has 1 heterocycles. The second-order valence-corrected chi connectivity index (χ2v) is 6.83. The molecule has 0 unspecified atom stereocenters. The number of nitrogens with two attached hydrogens (primary N) is 1. The van der Waals surface area contributed by atoms with E-state index in [4.69, 9.17) is 5.73 Å². The molecule has 5 nitrogen and oxygen atoms in total. The Balaban J connectivity index is 1.97. The molecule has 0 atom stereocenters. The van der Waals surface area contributed by atoms with Crippen LogP contribution in [0.3, 0.4) is 0 Å². The third kappa shape index (κ3) is 4.03. The maximum atomic E-state index is 12.3. The standard InChI is InChI=1S/C18H26N3O2/c1-13-5-6-14(2)15(11-13)20-7-9-21(10-8-20)16(22)12-18(3,4)17(19)23/h5-6,11-12H,7-10H2,1-4H3,(H2,19,23). The van der Waals surface area contributed by atoms with Gasteiger partial charge in [0, 0.05) is 31.9 Å². The summed E-state index contributed by atoms with van der Waals surface area (Å²) >= 11 is 0. The lowest BCUT2D eigenvalue weighted by Gasteiger charge is -2.37. The van der Waals surface area contributed by atoms with Crippen molar-refractivity contribution in [3.63, 3.8) is 0 Å². The van der Waals surface area contributed by atoms with E-state index in [2.05, 4.69) is 36.9 Å². The second-order valence-electron chi connectivity index (χ2n) is 6.83. The average Bonchev–Trinajstić information content (AvgIpc) is 2.49. The van der Waals surface area contributed by atoms with Gasteiger partial charge in [-0.15, -0.1) is 0 Å². The van der Waals surface area contributed by atoms with Crippen molar-refractivity contribution in [1.82, 2.24) is 4.90 Å². The number of hydrogen-bond donors (Lipinski definition) is 1. The maximum absolute atomic E-state index is 12.3. The number of carbonyl (C=O) groups is 2. The molecule has 1 aliphatic rings. The zero-order chi connectivity index (χ0) is 17.2. The first-order chi connectivity index (χ1) is 10.7. The molecule has 5 heteroatoms. The molecule has 1 aromatic carbocycles. The molecule has 0 aromatic heterocycles. The smallest absolute Gasteiger partial charge is 0.227 e. The molecule has 2 rings (SSSR count). The van der Waals surface area contributed by atoms with E-state index in [1.807, 2.05) is 0 Å². The summed E-state index contributed by atoms with van der Waals surface area (Å²) in [5.74, 6) is -0.603. The number of primary amides is 1. The minimum Gasteiger partial charge on any atom is -0.369 e. The minimum atomic E-state index is -0.915. The van der Waals surface area contributed by atoms with Crippen LogP contribution in [0, 0.1) is 25.7 Å². The number of nitrogens with zero attached hydrogens (tertiary/aromatic N) is 2. The molecule has 0 spiro atoms. The van der Waals surface area contributed by atoms with Crippen molar-refractivity contribution < 1.29 is 9.59 Å². The summed E-state index contributed by atoms with van der Waals surface area (Å²) in [4.78, 5) is 27.8. The van der Waals surface area contributed by atoms with E-state index < -0.39 is 11.3 Å². The Kier molecular flexibility index (Phi) is 4.97. The number of rotatable bonds is 4. The van der Waals surface area contributed by atoms with Gasteiger partial charge in [-0.1, -0.05) is 26.0 Å². The first kappa shape index (κ1) is 17.3. The summed E-state index contributed by atoms with van der Waals surface area (Å²) in [7, 11) is 0. The molecule has 125 valence electrons. The van der Waals surface area contributed by atoms with Crippen LogP contribution in [0.1, 0.15) is 25.0 Å². The third-order valence-electron chi connectivity index (χ3n) is 4.42. The molecule has 2 amide bonds. The van der Waals surface area contributed by atoms with Gasteiger partial charge in [-0.25, -0.2) is 0 Å². The topological polar surface area (TPSA) is 66.6 Å². The van der Waals surface area contributed by atoms with Crippen LogP contribution in [-0.4, -0.2) is 42.9 Å². The fourth-order valence-electron chi connectivity index (χ4n) is 2.70. The predicted molar refractivity (Wildman–Crippen MR) is 92.0 cm³/mol. The number of aryl methyl sites for hydroxylation is 2. The van der Waals surface area contributed by atoms with Gasteiger partial charge >= 0.3 is 0 Å². The van der Waals surface area contributed by atoms with Crippen molar-refractivity contribution in [3.8, 4) is 0 Å². The van der Waals surface area contributed by atoms with Gasteiger partial charge < -0.3 is 15.5 Å². The Labute approximate surface area is 138 Å². The van der Waals surface area contributed by atoms with E-state index in [1.165, 1.54) is 23.2 Å². The van der Waals surface area contributed by atoms with Gasteiger partial charge in [-0.05, 0) is 31.0 Å². The average molecular weight is 316 g/mol. The molecule has 23 heavy (non-hydrogen) atoms. The summed E-state index contributed by atoms with van der Waals surface area (Å²) in [5.41, 5.74) is 8.13. The normalized spacial score (nSPS) is 15.7. The van der Waals surface area contributed by atoms with Crippen molar-refractivity contribution in [2.75, 3.05) is 31.1 Å². The van der Waals surface area contributed by atoms with Gasteiger partial charge in [0.25, 0.3) is 0 Å². The Morgan fingerprint density at radius 2 is 1.74 bits per heavy atom. The van der Waals surface area contributed by atoms with E-state index in [-0.39, 0.29) is 5.91 Å². The highest BCUT2D eigenvalue weighted by Crippen LogP contribution is 2.24. The summed E-state index contributed by atoms with van der Waals surface area (Å²) in [6.45, 7) is 10.4. The zero-order valence-electron chi connectivity index (χ0n) is 14.4. The molecule has 0 saturated carbocycles. The molecule has 1 saturated heterocycles. The van der Waals surface area contributed by atoms with E-state index in [0.29, 0.717) is 13.1 Å². The first-order valence-corrected chi connectivity index (χ1v) is 7.97. The SMILES string of the molecule is Cc1ccc(C)c(N2CCN(C(=O)[CH]C(C)(C)C(N)=O)CC2)c1. The van der Waals surface area contributed by atoms with Crippen molar-refractivity contribution in [2.45, 2.75) is 27.7 Å². The summed E-state index contributed by atoms with van der Waals surface area (Å²) in [6, 6.07) is 6.43. The molecular formula is C18H26N3O2. The van der Waals surface area contributed by atoms with E-state index in [9.17, 15) is 9.59 Å². The minimum absolute atomic E-state index is 0.116. The molecule has 1 fully saturated rings. The zero-order valence-corrected chi connectivity index (χ0v) is 14.4. The number of hydrogen-bond acceptors (Lipinski definition) is 3. The molecule has 0 bridgehead atoms. The number of anilines is 1. The van der Waals surface area contributed by atoms with Crippen molar-refractivity contribution in [1.29, 1.82) is 0 Å². The van der Waals surface area contributed by atoms with Crippen LogP contribution in [0.2, 0.25) is 0 Å². The van der Waals surface area contributed by atoms with Gasteiger partial charge in [-0.3, -0.25) is 9.59 Å². The van der Waals surface area contributed by atoms with Crippen LogP contribution < -0.4 is 10.6 Å². The Morgan fingerprint density at radius 3 is 2.30 bits per heavy atom. The van der Waals surface area contributed by atoms with Crippen LogP contribution in [0.4, 0.5) is 5.69 Å². The number of carbonyl (C=O) groups excluding carboxylic acids is 2. The van der Waals surface area contributed by atoms with E-state index in [1.54, 1.807) is 18.7 Å². The fourth-order valence-corrected chi connectivity index (χ4v) is 2.70. The van der Waals surface area contributed by atoms with Gasteiger partial charge in [0.2, 0.25) is 11.8 Å². The van der Waals surface area contributed by atoms with Gasteiger partial charge in [0.05, 0.1) is 11.8 Å². The van der Waals surface area contributed by atoms with Crippen molar-refractivity contribution >= 4 is 17.5 Å². The van der Waals surface area contributed by atoms with Gasteiger partial charge in [-0.2, -0.15) is 0 Å². The number of piperazine rings is 1. The fraction of sp³-hybridized carbons (Fsp3) is 0.500. The molecule has 2 N–H and O–H groups in total. The molecule has 0 aliphatic carbocycles. The van der Waals surface area contributed by atoms with E-state index >= 15 is 0 Å². The largest absolute Gasteiger partial charge is 0.369 e. The Hall–Kier alpha value is -2.04. The molecule has 1 aliphatic heterocycles. The molecular weight excluding hydrogens is 290 g/mol. The Morgan fingerprint density at radius 1 is 1.13 bits per heavy atom. The Bertz CT molecular complexity index is 602. The first-order valence-electron chi connectivity index (χ1n) is 7.97. The highest BCUT2D eigenvalue weighted by atomic mass is 16.2. The highest BCUT2D eigenvalue weighted by molar-refractivity contribution is 5.94. The van der Waals surface area contributed by atoms with Crippen LogP contribution in [-0.2, 0) is 9.59 Å². The third-order valence-corrected chi connectivity index (χ3v) is 4.42. The second kappa shape index (κ2) is 6.60. The monoisotopic (exact) mass is 316 g/mol. The quantitative estimate of drug-likeness (QED) is 0.919. The predicted octanol–water partition coefficient (Wildman–Crippen LogP) is 1.67. The van der Waals surface area contributed by atoms with Crippen LogP contribution >= 0.6 is 0 Å². The lowest BCUT2D eigenvalue weighted by Crippen LogP contribution is -2.50. The van der Waals surface area contributed by atoms with Crippen LogP contribution in [0.25, 0.3) is 0 Å². The molecule has 1 radical (unpaired) electrons. The van der Waals surface area contributed by atoms with Gasteiger partial charge in [0.15, 0.2) is 0 Å². The van der Waals surface area contributed by atoms with Crippen LogP contribution in [0.15, 0.2) is 18.2 Å². The lowest BCUT2D eigenvalue weighted by molar-refractivity contribution is -0.133. The number of amides is 2. The number of benzene rings is 1. The van der Waals surface area contributed by atoms with E-state index in [0.717, 1.165) is 13.1 Å². The summed E-state index contributed by atoms with van der Waals surface area (Å²) < 4.78 is 0. The van der Waals surface area contributed by atoms with Crippen molar-refractivity contribution in [2.24, 2.45) is 11.1 Å². The lowest BCUT2D eigenvalue weighted by atomic mass is 9.88. The highest BCUT2D eigenvalue weighted by Gasteiger charge is 2.32. The van der Waals surface area contributed by atoms with Crippen LogP contribution in [0.5, 0.6) is 0 Å². The maximum Gasteiger partial charge on any atom is 0.227 e.